The van der Waals surface area contributed by atoms with E-state index in [-0.39, 0.29) is 15.9 Å². The second-order valence-corrected chi connectivity index (χ2v) is 5.57. The Balaban J connectivity index is 2.37. The summed E-state index contributed by atoms with van der Waals surface area (Å²) in [6.07, 6.45) is 1.42. The van der Waals surface area contributed by atoms with Crippen LogP contribution < -0.4 is 4.72 Å². The molecule has 0 saturated carbocycles. The van der Waals surface area contributed by atoms with Gasteiger partial charge in [-0.1, -0.05) is 17.7 Å². The highest BCUT2D eigenvalue weighted by Gasteiger charge is 2.18. The molecular formula is C11H10ClN3O2S. The molecule has 0 fully saturated rings. The summed E-state index contributed by atoms with van der Waals surface area (Å²) >= 11 is 5.76. The smallest absolute Gasteiger partial charge is 0.263 e. The predicted molar refractivity (Wildman–Crippen MR) is 69.0 cm³/mol. The van der Waals surface area contributed by atoms with Crippen LogP contribution in [0.5, 0.6) is 0 Å². The zero-order valence-corrected chi connectivity index (χ0v) is 11.0. The number of nitrogens with one attached hydrogen (secondary N) is 1. The van der Waals surface area contributed by atoms with Gasteiger partial charge in [0, 0.05) is 11.9 Å². The molecule has 0 aliphatic heterocycles. The Morgan fingerprint density at radius 2 is 2.00 bits per heavy atom. The summed E-state index contributed by atoms with van der Waals surface area (Å²) in [7, 11) is -3.77. The largest absolute Gasteiger partial charge is 0.266 e. The average Bonchev–Trinajstić information content (AvgIpc) is 2.28. The molecule has 18 heavy (non-hydrogen) atoms. The first-order valence-electron chi connectivity index (χ1n) is 5.06. The number of sulfonamides is 1. The first-order chi connectivity index (χ1) is 8.49. The predicted octanol–water partition coefficient (Wildman–Crippen LogP) is 2.24. The third-order valence-electron chi connectivity index (χ3n) is 2.14. The summed E-state index contributed by atoms with van der Waals surface area (Å²) in [5.74, 6) is 0.245. The van der Waals surface area contributed by atoms with Gasteiger partial charge in [0.2, 0.25) is 0 Å². The van der Waals surface area contributed by atoms with Crippen molar-refractivity contribution in [3.8, 4) is 0 Å². The Kier molecular flexibility index (Phi) is 3.49. The first-order valence-corrected chi connectivity index (χ1v) is 6.92. The van der Waals surface area contributed by atoms with Crippen LogP contribution in [0, 0.1) is 6.92 Å². The normalized spacial score (nSPS) is 11.2. The Morgan fingerprint density at radius 3 is 2.67 bits per heavy atom. The first kappa shape index (κ1) is 12.8. The highest BCUT2D eigenvalue weighted by atomic mass is 35.5. The number of pyridine rings is 2. The quantitative estimate of drug-likeness (QED) is 0.877. The molecule has 0 spiro atoms. The topological polar surface area (TPSA) is 72.0 Å². The van der Waals surface area contributed by atoms with E-state index in [4.69, 9.17) is 11.6 Å². The molecule has 5 nitrogen and oxygen atoms in total. The van der Waals surface area contributed by atoms with Crippen LogP contribution in [-0.2, 0) is 10.0 Å². The molecule has 2 aromatic heterocycles. The van der Waals surface area contributed by atoms with E-state index in [1.165, 1.54) is 18.3 Å². The fourth-order valence-electron chi connectivity index (χ4n) is 1.36. The van der Waals surface area contributed by atoms with E-state index in [9.17, 15) is 8.42 Å². The Hall–Kier alpha value is -1.66. The zero-order chi connectivity index (χ0) is 13.2. The Bertz CT molecular complexity index is 673. The lowest BCUT2D eigenvalue weighted by Crippen LogP contribution is -2.14. The maximum Gasteiger partial charge on any atom is 0.266 e. The molecule has 0 amide bonds. The number of aromatic nitrogens is 2. The Morgan fingerprint density at radius 1 is 1.22 bits per heavy atom. The lowest BCUT2D eigenvalue weighted by atomic mass is 10.4. The minimum absolute atomic E-state index is 0.0716. The van der Waals surface area contributed by atoms with Crippen molar-refractivity contribution in [3.63, 3.8) is 0 Å². The number of hydrogen-bond acceptors (Lipinski definition) is 4. The fraction of sp³-hybridized carbons (Fsp3) is 0.0909. The lowest BCUT2D eigenvalue weighted by Gasteiger charge is -2.08. The van der Waals surface area contributed by atoms with Crippen molar-refractivity contribution in [2.75, 3.05) is 4.72 Å². The second-order valence-electron chi connectivity index (χ2n) is 3.56. The summed E-state index contributed by atoms with van der Waals surface area (Å²) in [6.45, 7) is 1.77. The Labute approximate surface area is 110 Å². The third-order valence-corrected chi connectivity index (χ3v) is 3.94. The number of hydrogen-bond donors (Lipinski definition) is 1. The van der Waals surface area contributed by atoms with E-state index in [1.54, 1.807) is 25.1 Å². The molecule has 0 atom stereocenters. The summed E-state index contributed by atoms with van der Waals surface area (Å²) in [4.78, 5) is 7.72. The van der Waals surface area contributed by atoms with E-state index in [0.717, 1.165) is 0 Å². The number of aryl methyl sites for hydroxylation is 1. The van der Waals surface area contributed by atoms with Crippen LogP contribution in [0.4, 0.5) is 5.82 Å². The van der Waals surface area contributed by atoms with Crippen molar-refractivity contribution in [2.24, 2.45) is 0 Å². The summed E-state index contributed by atoms with van der Waals surface area (Å²) in [5.41, 5.74) is 0.715. The van der Waals surface area contributed by atoms with Crippen LogP contribution in [0.3, 0.4) is 0 Å². The molecule has 0 aliphatic rings. The molecule has 2 heterocycles. The molecule has 0 unspecified atom stereocenters. The monoisotopic (exact) mass is 283 g/mol. The van der Waals surface area contributed by atoms with Gasteiger partial charge in [0.15, 0.2) is 0 Å². The summed E-state index contributed by atoms with van der Waals surface area (Å²) in [6, 6.07) is 7.94. The molecule has 0 bridgehead atoms. The highest BCUT2D eigenvalue weighted by molar-refractivity contribution is 7.92. The van der Waals surface area contributed by atoms with Gasteiger partial charge in [-0.25, -0.2) is 18.4 Å². The number of rotatable bonds is 3. The van der Waals surface area contributed by atoms with Crippen molar-refractivity contribution in [3.05, 3.63) is 47.4 Å². The van der Waals surface area contributed by atoms with Crippen LogP contribution in [0.25, 0.3) is 0 Å². The van der Waals surface area contributed by atoms with Gasteiger partial charge < -0.3 is 0 Å². The van der Waals surface area contributed by atoms with Crippen molar-refractivity contribution in [1.29, 1.82) is 0 Å². The van der Waals surface area contributed by atoms with Crippen LogP contribution in [-0.4, -0.2) is 18.4 Å². The van der Waals surface area contributed by atoms with Gasteiger partial charge in [-0.15, -0.1) is 0 Å². The number of anilines is 1. The van der Waals surface area contributed by atoms with Gasteiger partial charge in [0.05, 0.1) is 0 Å². The van der Waals surface area contributed by atoms with Crippen LogP contribution in [0.15, 0.2) is 41.4 Å². The lowest BCUT2D eigenvalue weighted by molar-refractivity contribution is 0.600. The minimum atomic E-state index is -3.77. The van der Waals surface area contributed by atoms with Gasteiger partial charge in [-0.05, 0) is 31.2 Å². The van der Waals surface area contributed by atoms with Crippen LogP contribution >= 0.6 is 11.6 Å². The minimum Gasteiger partial charge on any atom is -0.263 e. The molecule has 0 aromatic carbocycles. The molecule has 0 saturated heterocycles. The van der Waals surface area contributed by atoms with Gasteiger partial charge in [-0.3, -0.25) is 4.72 Å². The summed E-state index contributed by atoms with van der Waals surface area (Å²) < 4.78 is 26.5. The van der Waals surface area contributed by atoms with Crippen molar-refractivity contribution < 1.29 is 8.42 Å². The zero-order valence-electron chi connectivity index (χ0n) is 9.46. The molecule has 7 heteroatoms. The van der Waals surface area contributed by atoms with Crippen LogP contribution in [0.2, 0.25) is 5.15 Å². The molecule has 0 aliphatic carbocycles. The summed E-state index contributed by atoms with van der Waals surface area (Å²) in [5, 5.41) is -0.0716. The molecule has 2 rings (SSSR count). The third kappa shape index (κ3) is 2.77. The van der Waals surface area contributed by atoms with E-state index >= 15 is 0 Å². The number of nitrogens with zero attached hydrogens (tertiary/aromatic N) is 2. The van der Waals surface area contributed by atoms with E-state index in [1.807, 2.05) is 0 Å². The molecule has 0 radical (unpaired) electrons. The molecule has 1 N–H and O–H groups in total. The number of halogens is 1. The van der Waals surface area contributed by atoms with Crippen molar-refractivity contribution in [1.82, 2.24) is 9.97 Å². The average molecular weight is 284 g/mol. The molecule has 94 valence electrons. The van der Waals surface area contributed by atoms with E-state index in [2.05, 4.69) is 14.7 Å². The van der Waals surface area contributed by atoms with Crippen LogP contribution in [0.1, 0.15) is 5.69 Å². The highest BCUT2D eigenvalue weighted by Crippen LogP contribution is 2.20. The fourth-order valence-corrected chi connectivity index (χ4v) is 2.82. The molecule has 2 aromatic rings. The van der Waals surface area contributed by atoms with E-state index in [0.29, 0.717) is 5.69 Å². The van der Waals surface area contributed by atoms with Crippen molar-refractivity contribution >= 4 is 27.4 Å². The van der Waals surface area contributed by atoms with E-state index < -0.39 is 10.0 Å². The standard InChI is InChI=1S/C11H10ClN3O2S/c1-8-4-2-6-10(14-8)15-18(16,17)9-5-3-7-13-11(9)12/h2-7H,1H3,(H,14,15). The molecular weight excluding hydrogens is 274 g/mol. The van der Waals surface area contributed by atoms with Gasteiger partial charge >= 0.3 is 0 Å². The van der Waals surface area contributed by atoms with Gasteiger partial charge in [-0.2, -0.15) is 0 Å². The second kappa shape index (κ2) is 4.91. The maximum absolute atomic E-state index is 12.1. The van der Waals surface area contributed by atoms with Gasteiger partial charge in [0.1, 0.15) is 15.9 Å². The maximum atomic E-state index is 12.1. The van der Waals surface area contributed by atoms with Gasteiger partial charge in [0.25, 0.3) is 10.0 Å². The van der Waals surface area contributed by atoms with Crippen molar-refractivity contribution in [2.45, 2.75) is 11.8 Å². The SMILES string of the molecule is Cc1cccc(NS(=O)(=O)c2cccnc2Cl)n1.